The van der Waals surface area contributed by atoms with Crippen molar-refractivity contribution in [2.75, 3.05) is 23.9 Å². The molecule has 1 saturated heterocycles. The van der Waals surface area contributed by atoms with Crippen molar-refractivity contribution in [3.05, 3.63) is 66.1 Å². The number of benzene rings is 2. The normalized spacial score (nSPS) is 15.6. The molecule has 8 heteroatoms. The molecule has 1 aliphatic heterocycles. The maximum Gasteiger partial charge on any atom is 0.247 e. The Bertz CT molecular complexity index is 1070. The lowest BCUT2D eigenvalue weighted by Gasteiger charge is -2.24. The van der Waals surface area contributed by atoms with Crippen LogP contribution >= 0.6 is 0 Å². The number of rotatable bonds is 6. The second-order valence-electron chi connectivity index (χ2n) is 7.30. The highest BCUT2D eigenvalue weighted by Crippen LogP contribution is 2.29. The van der Waals surface area contributed by atoms with Gasteiger partial charge in [-0.1, -0.05) is 6.07 Å². The van der Waals surface area contributed by atoms with E-state index in [1.165, 1.54) is 24.3 Å². The topological polar surface area (TPSA) is 76.6 Å². The third-order valence-corrected chi connectivity index (χ3v) is 5.08. The second kappa shape index (κ2) is 8.99. The van der Waals surface area contributed by atoms with Crippen LogP contribution in [0.25, 0.3) is 0 Å². The molecule has 0 spiro atoms. The first-order valence-electron chi connectivity index (χ1n) is 10.0. The highest BCUT2D eigenvalue weighted by molar-refractivity contribution is 5.98. The lowest BCUT2D eigenvalue weighted by Crippen LogP contribution is -2.40. The van der Waals surface area contributed by atoms with Crippen LogP contribution in [0.2, 0.25) is 0 Å². The van der Waals surface area contributed by atoms with Gasteiger partial charge in [0, 0.05) is 18.8 Å². The molecule has 0 bridgehead atoms. The van der Waals surface area contributed by atoms with E-state index in [0.29, 0.717) is 42.0 Å². The van der Waals surface area contributed by atoms with Gasteiger partial charge in [-0.05, 0) is 61.7 Å². The van der Waals surface area contributed by atoms with Crippen molar-refractivity contribution < 1.29 is 18.7 Å². The zero-order valence-corrected chi connectivity index (χ0v) is 17.3. The highest BCUT2D eigenvalue weighted by Gasteiger charge is 2.33. The molecule has 31 heavy (non-hydrogen) atoms. The summed E-state index contributed by atoms with van der Waals surface area (Å²) in [6.45, 7) is 2.61. The maximum absolute atomic E-state index is 13.1. The largest absolute Gasteiger partial charge is 0.495 e. The van der Waals surface area contributed by atoms with E-state index in [9.17, 15) is 9.18 Å². The molecule has 1 atom stereocenters. The number of nitrogens with zero attached hydrogens (tertiary/aromatic N) is 3. The number of aromatic nitrogens is 2. The average molecular weight is 422 g/mol. The van der Waals surface area contributed by atoms with Crippen LogP contribution in [0, 0.1) is 12.7 Å². The third-order valence-electron chi connectivity index (χ3n) is 5.08. The van der Waals surface area contributed by atoms with Gasteiger partial charge >= 0.3 is 0 Å². The average Bonchev–Trinajstić information content (AvgIpc) is 3.26. The van der Waals surface area contributed by atoms with Gasteiger partial charge in [-0.15, -0.1) is 0 Å². The standard InChI is InChI=1S/C23H23FN4O3/c1-15-5-10-20(30-2)18(14-15)26-22(29)19-4-3-13-28(19)23-25-12-11-21(27-23)31-17-8-6-16(24)7-9-17/h5-12,14,19H,3-4,13H2,1-2H3,(H,26,29). The number of nitrogens with one attached hydrogen (secondary N) is 1. The van der Waals surface area contributed by atoms with Gasteiger partial charge in [0.05, 0.1) is 12.8 Å². The van der Waals surface area contributed by atoms with Crippen molar-refractivity contribution in [1.29, 1.82) is 0 Å². The molecule has 2 heterocycles. The Kier molecular flexibility index (Phi) is 5.97. The minimum atomic E-state index is -0.411. The summed E-state index contributed by atoms with van der Waals surface area (Å²) in [6, 6.07) is 12.5. The van der Waals surface area contributed by atoms with Crippen molar-refractivity contribution in [3.63, 3.8) is 0 Å². The quantitative estimate of drug-likeness (QED) is 0.637. The van der Waals surface area contributed by atoms with Crippen LogP contribution in [-0.4, -0.2) is 35.6 Å². The van der Waals surface area contributed by atoms with Crippen molar-refractivity contribution in [1.82, 2.24) is 9.97 Å². The summed E-state index contributed by atoms with van der Waals surface area (Å²) in [5, 5.41) is 2.98. The molecule has 1 aliphatic rings. The van der Waals surface area contributed by atoms with E-state index in [1.54, 1.807) is 19.4 Å². The fourth-order valence-corrected chi connectivity index (χ4v) is 3.57. The van der Waals surface area contributed by atoms with Crippen LogP contribution in [-0.2, 0) is 4.79 Å². The number of hydrogen-bond donors (Lipinski definition) is 1. The summed E-state index contributed by atoms with van der Waals surface area (Å²) in [7, 11) is 1.57. The van der Waals surface area contributed by atoms with Gasteiger partial charge in [0.15, 0.2) is 0 Å². The molecular weight excluding hydrogens is 399 g/mol. The van der Waals surface area contributed by atoms with Crippen LogP contribution in [0.5, 0.6) is 17.4 Å². The number of amides is 1. The molecule has 1 unspecified atom stereocenters. The van der Waals surface area contributed by atoms with Crippen molar-refractivity contribution in [3.8, 4) is 17.4 Å². The Balaban J connectivity index is 1.51. The van der Waals surface area contributed by atoms with E-state index in [4.69, 9.17) is 9.47 Å². The molecule has 3 aromatic rings. The third kappa shape index (κ3) is 4.74. The highest BCUT2D eigenvalue weighted by atomic mass is 19.1. The SMILES string of the molecule is COc1ccc(C)cc1NC(=O)C1CCCN1c1nccc(Oc2ccc(F)cc2)n1. The Morgan fingerprint density at radius 2 is 2.00 bits per heavy atom. The predicted molar refractivity (Wildman–Crippen MR) is 115 cm³/mol. The van der Waals surface area contributed by atoms with E-state index in [2.05, 4.69) is 15.3 Å². The van der Waals surface area contributed by atoms with Crippen molar-refractivity contribution in [2.45, 2.75) is 25.8 Å². The smallest absolute Gasteiger partial charge is 0.247 e. The zero-order valence-electron chi connectivity index (χ0n) is 17.3. The Labute approximate surface area is 179 Å². The molecule has 0 radical (unpaired) electrons. The predicted octanol–water partition coefficient (Wildman–Crippen LogP) is 4.33. The number of methoxy groups -OCH3 is 1. The fourth-order valence-electron chi connectivity index (χ4n) is 3.57. The molecule has 1 N–H and O–H groups in total. The van der Waals surface area contributed by atoms with Gasteiger partial charge in [-0.2, -0.15) is 4.98 Å². The van der Waals surface area contributed by atoms with Gasteiger partial charge < -0.3 is 19.7 Å². The Hall–Kier alpha value is -3.68. The van der Waals surface area contributed by atoms with Crippen molar-refractivity contribution in [2.24, 2.45) is 0 Å². The van der Waals surface area contributed by atoms with Gasteiger partial charge in [0.2, 0.25) is 17.7 Å². The van der Waals surface area contributed by atoms with Gasteiger partial charge in [-0.3, -0.25) is 4.79 Å². The van der Waals surface area contributed by atoms with E-state index in [-0.39, 0.29) is 11.7 Å². The maximum atomic E-state index is 13.1. The summed E-state index contributed by atoms with van der Waals surface area (Å²) in [5.41, 5.74) is 1.65. The second-order valence-corrected chi connectivity index (χ2v) is 7.30. The van der Waals surface area contributed by atoms with Crippen LogP contribution < -0.4 is 19.7 Å². The Morgan fingerprint density at radius 3 is 2.77 bits per heavy atom. The van der Waals surface area contributed by atoms with Crippen LogP contribution in [0.3, 0.4) is 0 Å². The van der Waals surface area contributed by atoms with E-state index < -0.39 is 6.04 Å². The Morgan fingerprint density at radius 1 is 1.19 bits per heavy atom. The number of ether oxygens (including phenoxy) is 2. The summed E-state index contributed by atoms with van der Waals surface area (Å²) in [6.07, 6.45) is 3.11. The van der Waals surface area contributed by atoms with Crippen molar-refractivity contribution >= 4 is 17.5 Å². The first kappa shape index (κ1) is 20.6. The first-order chi connectivity index (χ1) is 15.0. The van der Waals surface area contributed by atoms with E-state index in [1.807, 2.05) is 30.0 Å². The number of carbonyl (C=O) groups is 1. The molecule has 0 aliphatic carbocycles. The summed E-state index contributed by atoms with van der Waals surface area (Å²) in [4.78, 5) is 23.7. The molecule has 1 amide bonds. The lowest BCUT2D eigenvalue weighted by atomic mass is 10.1. The minimum Gasteiger partial charge on any atom is -0.495 e. The van der Waals surface area contributed by atoms with Gasteiger partial charge in [0.25, 0.3) is 0 Å². The molecule has 0 saturated carbocycles. The summed E-state index contributed by atoms with van der Waals surface area (Å²) in [5.74, 6) is 1.32. The molecule has 4 rings (SSSR count). The molecule has 7 nitrogen and oxygen atoms in total. The summed E-state index contributed by atoms with van der Waals surface area (Å²) >= 11 is 0. The number of anilines is 2. The number of aryl methyl sites for hydroxylation is 1. The van der Waals surface area contributed by atoms with Crippen LogP contribution in [0.4, 0.5) is 16.0 Å². The first-order valence-corrected chi connectivity index (χ1v) is 10.0. The monoisotopic (exact) mass is 422 g/mol. The zero-order chi connectivity index (χ0) is 21.8. The van der Waals surface area contributed by atoms with Crippen LogP contribution in [0.15, 0.2) is 54.7 Å². The van der Waals surface area contributed by atoms with E-state index >= 15 is 0 Å². The van der Waals surface area contributed by atoms with Crippen LogP contribution in [0.1, 0.15) is 18.4 Å². The van der Waals surface area contributed by atoms with Gasteiger partial charge in [-0.25, -0.2) is 9.37 Å². The molecule has 1 fully saturated rings. The lowest BCUT2D eigenvalue weighted by molar-refractivity contribution is -0.117. The molecule has 1 aromatic heterocycles. The number of carbonyl (C=O) groups excluding carboxylic acids is 1. The number of hydrogen-bond acceptors (Lipinski definition) is 6. The fraction of sp³-hybridized carbons (Fsp3) is 0.261. The van der Waals surface area contributed by atoms with E-state index in [0.717, 1.165) is 12.0 Å². The summed E-state index contributed by atoms with van der Waals surface area (Å²) < 4.78 is 24.2. The number of halogens is 1. The molecular formula is C23H23FN4O3. The molecule has 160 valence electrons. The molecule has 2 aromatic carbocycles. The minimum absolute atomic E-state index is 0.144. The van der Waals surface area contributed by atoms with Gasteiger partial charge in [0.1, 0.15) is 23.4 Å².